The van der Waals surface area contributed by atoms with Crippen molar-refractivity contribution in [2.75, 3.05) is 0 Å². The van der Waals surface area contributed by atoms with Crippen LogP contribution in [0.1, 0.15) is 47.2 Å². The number of aryl methyl sites for hydroxylation is 2. The normalized spacial score (nSPS) is 12.9. The average Bonchev–Trinajstić information content (AvgIpc) is 2.95. The number of halogens is 1. The van der Waals surface area contributed by atoms with Gasteiger partial charge in [0.1, 0.15) is 5.82 Å². The van der Waals surface area contributed by atoms with Crippen LogP contribution in [0.3, 0.4) is 0 Å². The lowest BCUT2D eigenvalue weighted by molar-refractivity contribution is 0.628. The van der Waals surface area contributed by atoms with E-state index in [9.17, 15) is 4.39 Å². The second-order valence-electron chi connectivity index (χ2n) is 9.73. The van der Waals surface area contributed by atoms with Crippen LogP contribution in [0.4, 0.5) is 4.39 Å². The van der Waals surface area contributed by atoms with Crippen molar-refractivity contribution in [1.82, 2.24) is 0 Å². The van der Waals surface area contributed by atoms with E-state index in [0.717, 1.165) is 47.9 Å². The van der Waals surface area contributed by atoms with E-state index >= 15 is 0 Å². The van der Waals surface area contributed by atoms with Crippen LogP contribution < -0.4 is 11.5 Å². The highest BCUT2D eigenvalue weighted by Crippen LogP contribution is 2.36. The quantitative estimate of drug-likeness (QED) is 0.221. The Bertz CT molecular complexity index is 1460. The predicted octanol–water partition coefficient (Wildman–Crippen LogP) is 7.91. The Morgan fingerprint density at radius 3 is 1.76 bits per heavy atom. The van der Waals surface area contributed by atoms with Crippen molar-refractivity contribution in [2.24, 2.45) is 11.5 Å². The molecule has 0 heterocycles. The molecule has 0 aromatic heterocycles. The maximum atomic E-state index is 14.3. The van der Waals surface area contributed by atoms with E-state index in [4.69, 9.17) is 11.5 Å². The fraction of sp³-hybridized carbons (Fsp3) is 0.176. The van der Waals surface area contributed by atoms with Gasteiger partial charge in [-0.1, -0.05) is 103 Å². The highest BCUT2D eigenvalue weighted by molar-refractivity contribution is 5.94. The minimum absolute atomic E-state index is 0.0406. The first-order valence-electron chi connectivity index (χ1n) is 13.0. The first kappa shape index (κ1) is 24.9. The highest BCUT2D eigenvalue weighted by atomic mass is 19.1. The molecular weight excluding hydrogens is 455 g/mol. The van der Waals surface area contributed by atoms with Gasteiger partial charge in [-0.15, -0.1) is 0 Å². The third-order valence-electron chi connectivity index (χ3n) is 7.26. The molecule has 0 saturated carbocycles. The fourth-order valence-electron chi connectivity index (χ4n) is 5.24. The minimum atomic E-state index is -0.231. The first-order valence-corrected chi connectivity index (χ1v) is 13.0. The van der Waals surface area contributed by atoms with Crippen molar-refractivity contribution in [3.05, 3.63) is 143 Å². The summed E-state index contributed by atoms with van der Waals surface area (Å²) in [6.45, 7) is 0. The molecule has 0 saturated heterocycles. The summed E-state index contributed by atoms with van der Waals surface area (Å²) in [6, 6.07) is 38.0. The van der Waals surface area contributed by atoms with Crippen LogP contribution in [0.5, 0.6) is 0 Å². The standard InChI is InChI=1S/C34H33FN2/c35-28-15-9-14-26(22-28)32-23-27(18-20-33(36)24-10-3-1-4-11-24)29-16-7-8-17-30(29)31(32)19-21-34(37)25-12-5-2-6-13-25/h1-17,22-23,33-34H,18-21,36-37H2. The summed E-state index contributed by atoms with van der Waals surface area (Å²) in [7, 11) is 0. The van der Waals surface area contributed by atoms with Gasteiger partial charge in [-0.25, -0.2) is 4.39 Å². The van der Waals surface area contributed by atoms with Crippen LogP contribution in [0.15, 0.2) is 115 Å². The molecule has 3 heteroatoms. The summed E-state index contributed by atoms with van der Waals surface area (Å²) in [5, 5.41) is 2.43. The van der Waals surface area contributed by atoms with Gasteiger partial charge in [0.25, 0.3) is 0 Å². The smallest absolute Gasteiger partial charge is 0.123 e. The van der Waals surface area contributed by atoms with Crippen LogP contribution >= 0.6 is 0 Å². The van der Waals surface area contributed by atoms with E-state index in [1.165, 1.54) is 28.0 Å². The zero-order chi connectivity index (χ0) is 25.6. The molecule has 5 aromatic rings. The molecule has 2 unspecified atom stereocenters. The monoisotopic (exact) mass is 488 g/mol. The van der Waals surface area contributed by atoms with Gasteiger partial charge < -0.3 is 11.5 Å². The summed E-state index contributed by atoms with van der Waals surface area (Å²) in [4.78, 5) is 0. The molecule has 4 N–H and O–H groups in total. The summed E-state index contributed by atoms with van der Waals surface area (Å²) in [5.41, 5.74) is 19.8. The van der Waals surface area contributed by atoms with Gasteiger partial charge in [-0.2, -0.15) is 0 Å². The second kappa shape index (κ2) is 11.5. The number of hydrogen-bond donors (Lipinski definition) is 2. The third kappa shape index (κ3) is 5.80. The Kier molecular flexibility index (Phi) is 7.74. The molecule has 5 rings (SSSR count). The number of fused-ring (bicyclic) bond motifs is 1. The average molecular weight is 489 g/mol. The maximum absolute atomic E-state index is 14.3. The topological polar surface area (TPSA) is 52.0 Å². The molecule has 0 aliphatic heterocycles. The predicted molar refractivity (Wildman–Crippen MR) is 153 cm³/mol. The summed E-state index contributed by atoms with van der Waals surface area (Å²) >= 11 is 0. The van der Waals surface area contributed by atoms with E-state index in [1.807, 2.05) is 42.5 Å². The lowest BCUT2D eigenvalue weighted by Crippen LogP contribution is -2.12. The second-order valence-corrected chi connectivity index (χ2v) is 9.73. The molecule has 0 aliphatic rings. The Balaban J connectivity index is 1.53. The molecule has 0 aliphatic carbocycles. The largest absolute Gasteiger partial charge is 0.324 e. The molecule has 0 fully saturated rings. The van der Waals surface area contributed by atoms with Gasteiger partial charge in [0.05, 0.1) is 0 Å². The van der Waals surface area contributed by atoms with Crippen LogP contribution in [0.2, 0.25) is 0 Å². The van der Waals surface area contributed by atoms with Crippen LogP contribution in [0.25, 0.3) is 21.9 Å². The van der Waals surface area contributed by atoms with Gasteiger partial charge in [-0.05, 0) is 82.0 Å². The van der Waals surface area contributed by atoms with Gasteiger partial charge in [0.15, 0.2) is 0 Å². The Labute approximate surface area is 218 Å². The van der Waals surface area contributed by atoms with Crippen LogP contribution in [-0.4, -0.2) is 0 Å². The lowest BCUT2D eigenvalue weighted by Gasteiger charge is -2.20. The molecule has 2 atom stereocenters. The van der Waals surface area contributed by atoms with E-state index in [2.05, 4.69) is 54.6 Å². The van der Waals surface area contributed by atoms with Crippen molar-refractivity contribution < 1.29 is 4.39 Å². The molecule has 37 heavy (non-hydrogen) atoms. The Hall–Kier alpha value is -3.79. The highest BCUT2D eigenvalue weighted by Gasteiger charge is 2.17. The van der Waals surface area contributed by atoms with Crippen molar-refractivity contribution in [3.63, 3.8) is 0 Å². The molecule has 0 spiro atoms. The van der Waals surface area contributed by atoms with E-state index in [1.54, 1.807) is 12.1 Å². The maximum Gasteiger partial charge on any atom is 0.123 e. The number of rotatable bonds is 9. The SMILES string of the molecule is NC(CCc1cc(-c2cccc(F)c2)c(CCC(N)c2ccccc2)c2ccccc12)c1ccccc1. The Morgan fingerprint density at radius 2 is 1.14 bits per heavy atom. The van der Waals surface area contributed by atoms with Crippen molar-refractivity contribution in [1.29, 1.82) is 0 Å². The molecular formula is C34H33FN2. The Morgan fingerprint density at radius 1 is 0.568 bits per heavy atom. The van der Waals surface area contributed by atoms with E-state index in [-0.39, 0.29) is 17.9 Å². The molecule has 0 radical (unpaired) electrons. The molecule has 2 nitrogen and oxygen atoms in total. The molecule has 186 valence electrons. The van der Waals surface area contributed by atoms with E-state index in [0.29, 0.717) is 0 Å². The fourth-order valence-corrected chi connectivity index (χ4v) is 5.24. The first-order chi connectivity index (χ1) is 18.1. The van der Waals surface area contributed by atoms with Crippen LogP contribution in [0, 0.1) is 5.82 Å². The molecule has 0 amide bonds. The van der Waals surface area contributed by atoms with Crippen LogP contribution in [-0.2, 0) is 12.8 Å². The summed E-state index contributed by atoms with van der Waals surface area (Å²) < 4.78 is 14.3. The van der Waals surface area contributed by atoms with Crippen molar-refractivity contribution in [2.45, 2.75) is 37.8 Å². The van der Waals surface area contributed by atoms with E-state index < -0.39 is 0 Å². The number of hydrogen-bond acceptors (Lipinski definition) is 2. The molecule has 0 bridgehead atoms. The minimum Gasteiger partial charge on any atom is -0.324 e. The number of nitrogens with two attached hydrogens (primary N) is 2. The zero-order valence-corrected chi connectivity index (χ0v) is 21.0. The molecule has 5 aromatic carbocycles. The van der Waals surface area contributed by atoms with Gasteiger partial charge >= 0.3 is 0 Å². The van der Waals surface area contributed by atoms with Gasteiger partial charge in [0, 0.05) is 12.1 Å². The summed E-state index contributed by atoms with van der Waals surface area (Å²) in [5.74, 6) is -0.231. The zero-order valence-electron chi connectivity index (χ0n) is 21.0. The summed E-state index contributed by atoms with van der Waals surface area (Å²) in [6.07, 6.45) is 3.26. The number of benzene rings is 5. The van der Waals surface area contributed by atoms with Gasteiger partial charge in [-0.3, -0.25) is 0 Å². The lowest BCUT2D eigenvalue weighted by atomic mass is 9.86. The van der Waals surface area contributed by atoms with Crippen molar-refractivity contribution in [3.8, 4) is 11.1 Å². The van der Waals surface area contributed by atoms with Crippen molar-refractivity contribution >= 4 is 10.8 Å². The third-order valence-corrected chi connectivity index (χ3v) is 7.26. The van der Waals surface area contributed by atoms with Gasteiger partial charge in [0.2, 0.25) is 0 Å².